The summed E-state index contributed by atoms with van der Waals surface area (Å²) in [5.74, 6) is 0. The highest BCUT2D eigenvalue weighted by atomic mass is 16.5. The third-order valence-electron chi connectivity index (χ3n) is 2.23. The van der Waals surface area contributed by atoms with Crippen molar-refractivity contribution in [3.63, 3.8) is 0 Å². The Morgan fingerprint density at radius 3 is 3.45 bits per heavy atom. The van der Waals surface area contributed by atoms with Gasteiger partial charge in [-0.15, -0.1) is 0 Å². The Labute approximate surface area is 66.0 Å². The van der Waals surface area contributed by atoms with Crippen molar-refractivity contribution in [3.8, 4) is 0 Å². The molecule has 0 amide bonds. The van der Waals surface area contributed by atoms with Gasteiger partial charge in [0.05, 0.1) is 5.69 Å². The first-order chi connectivity index (χ1) is 5.40. The third-order valence-corrected chi connectivity index (χ3v) is 2.23. The van der Waals surface area contributed by atoms with Crippen molar-refractivity contribution in [2.75, 3.05) is 13.1 Å². The van der Waals surface area contributed by atoms with Crippen molar-refractivity contribution >= 4 is 0 Å². The summed E-state index contributed by atoms with van der Waals surface area (Å²) in [6.45, 7) is 5.43. The summed E-state index contributed by atoms with van der Waals surface area (Å²) in [6, 6.07) is 0. The van der Waals surface area contributed by atoms with Gasteiger partial charge >= 0.3 is 0 Å². The minimum absolute atomic E-state index is 1.01. The van der Waals surface area contributed by atoms with Crippen LogP contribution in [0.15, 0.2) is 10.8 Å². The normalized spacial score (nSPS) is 18.3. The van der Waals surface area contributed by atoms with Crippen LogP contribution in [0.5, 0.6) is 0 Å². The summed E-state index contributed by atoms with van der Waals surface area (Å²) < 4.78 is 4.88. The highest BCUT2D eigenvalue weighted by Gasteiger charge is 2.17. The molecule has 1 aliphatic heterocycles. The van der Waals surface area contributed by atoms with Gasteiger partial charge in [0, 0.05) is 25.1 Å². The fourth-order valence-corrected chi connectivity index (χ4v) is 1.47. The first kappa shape index (κ1) is 6.85. The van der Waals surface area contributed by atoms with Crippen molar-refractivity contribution in [1.82, 2.24) is 10.1 Å². The maximum Gasteiger partial charge on any atom is 0.128 e. The van der Waals surface area contributed by atoms with E-state index in [1.165, 1.54) is 5.56 Å². The number of nitrogens with zero attached hydrogens (tertiary/aromatic N) is 2. The fourth-order valence-electron chi connectivity index (χ4n) is 1.47. The van der Waals surface area contributed by atoms with Crippen LogP contribution < -0.4 is 0 Å². The van der Waals surface area contributed by atoms with Crippen LogP contribution >= 0.6 is 0 Å². The fraction of sp³-hybridized carbons (Fsp3) is 0.625. The van der Waals surface area contributed by atoms with E-state index in [2.05, 4.69) is 17.0 Å². The molecule has 60 valence electrons. The third kappa shape index (κ3) is 1.16. The first-order valence-corrected chi connectivity index (χ1v) is 4.04. The average Bonchev–Trinajstić information content (AvgIpc) is 2.50. The molecule has 1 aromatic heterocycles. The molecule has 3 nitrogen and oxygen atoms in total. The zero-order valence-electron chi connectivity index (χ0n) is 6.71. The summed E-state index contributed by atoms with van der Waals surface area (Å²) in [6.07, 6.45) is 2.80. The van der Waals surface area contributed by atoms with Crippen molar-refractivity contribution in [3.05, 3.63) is 17.5 Å². The largest absolute Gasteiger partial charge is 0.364 e. The highest BCUT2D eigenvalue weighted by Crippen LogP contribution is 2.16. The van der Waals surface area contributed by atoms with Crippen molar-refractivity contribution < 1.29 is 4.52 Å². The molecule has 0 spiro atoms. The van der Waals surface area contributed by atoms with E-state index in [-0.39, 0.29) is 0 Å². The van der Waals surface area contributed by atoms with Gasteiger partial charge in [0.25, 0.3) is 0 Å². The van der Waals surface area contributed by atoms with Gasteiger partial charge in [-0.05, 0) is 6.54 Å². The molecule has 1 aromatic rings. The Morgan fingerprint density at radius 1 is 1.73 bits per heavy atom. The molecule has 0 saturated heterocycles. The van der Waals surface area contributed by atoms with Gasteiger partial charge in [-0.2, -0.15) is 0 Å². The number of aromatic nitrogens is 1. The van der Waals surface area contributed by atoms with Gasteiger partial charge in [-0.3, -0.25) is 4.90 Å². The zero-order valence-corrected chi connectivity index (χ0v) is 6.71. The number of likely N-dealkylation sites (N-methyl/N-ethyl adjacent to an activating group) is 1. The zero-order chi connectivity index (χ0) is 7.68. The van der Waals surface area contributed by atoms with Crippen LogP contribution in [-0.4, -0.2) is 23.1 Å². The van der Waals surface area contributed by atoms with Gasteiger partial charge in [-0.25, -0.2) is 0 Å². The SMILES string of the molecule is CCN1CCc2nocc2C1. The molecule has 1 aliphatic rings. The van der Waals surface area contributed by atoms with Crippen molar-refractivity contribution in [1.29, 1.82) is 0 Å². The molecular weight excluding hydrogens is 140 g/mol. The molecular formula is C8H12N2O. The van der Waals surface area contributed by atoms with Gasteiger partial charge < -0.3 is 4.52 Å². The van der Waals surface area contributed by atoms with E-state index in [4.69, 9.17) is 4.52 Å². The molecule has 2 heterocycles. The predicted molar refractivity (Wildman–Crippen MR) is 41.2 cm³/mol. The first-order valence-electron chi connectivity index (χ1n) is 4.04. The lowest BCUT2D eigenvalue weighted by molar-refractivity contribution is 0.267. The monoisotopic (exact) mass is 152 g/mol. The second-order valence-corrected chi connectivity index (χ2v) is 2.91. The molecule has 3 heteroatoms. The second kappa shape index (κ2) is 2.66. The Bertz CT molecular complexity index is 244. The molecule has 11 heavy (non-hydrogen) atoms. The number of hydrogen-bond acceptors (Lipinski definition) is 3. The topological polar surface area (TPSA) is 29.3 Å². The lowest BCUT2D eigenvalue weighted by Gasteiger charge is -2.23. The van der Waals surface area contributed by atoms with E-state index in [1.54, 1.807) is 6.26 Å². The maximum absolute atomic E-state index is 4.88. The molecule has 0 atom stereocenters. The summed E-state index contributed by atoms with van der Waals surface area (Å²) in [4.78, 5) is 2.39. The summed E-state index contributed by atoms with van der Waals surface area (Å²) in [5.41, 5.74) is 2.41. The molecule has 0 radical (unpaired) electrons. The van der Waals surface area contributed by atoms with E-state index in [9.17, 15) is 0 Å². The molecule has 0 aliphatic carbocycles. The van der Waals surface area contributed by atoms with Crippen LogP contribution in [0.1, 0.15) is 18.2 Å². The van der Waals surface area contributed by atoms with Crippen LogP contribution in [0.4, 0.5) is 0 Å². The molecule has 0 fully saturated rings. The minimum Gasteiger partial charge on any atom is -0.364 e. The summed E-state index contributed by atoms with van der Waals surface area (Å²) in [7, 11) is 0. The Hall–Kier alpha value is -0.830. The van der Waals surface area contributed by atoms with Crippen LogP contribution in [0.2, 0.25) is 0 Å². The highest BCUT2D eigenvalue weighted by molar-refractivity contribution is 5.17. The van der Waals surface area contributed by atoms with Gasteiger partial charge in [0.1, 0.15) is 6.26 Å². The number of hydrogen-bond donors (Lipinski definition) is 0. The lowest BCUT2D eigenvalue weighted by atomic mass is 10.1. The average molecular weight is 152 g/mol. The lowest BCUT2D eigenvalue weighted by Crippen LogP contribution is -2.29. The summed E-state index contributed by atoms with van der Waals surface area (Å²) in [5, 5.41) is 3.92. The maximum atomic E-state index is 4.88. The number of fused-ring (bicyclic) bond motifs is 1. The quantitative estimate of drug-likeness (QED) is 0.602. The standard InChI is InChI=1S/C8H12N2O/c1-2-10-4-3-8-7(5-10)6-11-9-8/h6H,2-5H2,1H3. The molecule has 0 unspecified atom stereocenters. The molecule has 0 bridgehead atoms. The van der Waals surface area contributed by atoms with Crippen LogP contribution in [0.3, 0.4) is 0 Å². The van der Waals surface area contributed by atoms with Crippen LogP contribution in [-0.2, 0) is 13.0 Å². The van der Waals surface area contributed by atoms with E-state index < -0.39 is 0 Å². The van der Waals surface area contributed by atoms with Crippen LogP contribution in [0, 0.1) is 0 Å². The van der Waals surface area contributed by atoms with E-state index in [1.807, 2.05) is 0 Å². The molecule has 0 N–H and O–H groups in total. The molecule has 2 rings (SSSR count). The van der Waals surface area contributed by atoms with Crippen molar-refractivity contribution in [2.45, 2.75) is 19.9 Å². The molecule has 0 saturated carbocycles. The van der Waals surface area contributed by atoms with E-state index in [0.29, 0.717) is 0 Å². The molecule has 0 aromatic carbocycles. The Kier molecular flexibility index (Phi) is 1.66. The second-order valence-electron chi connectivity index (χ2n) is 2.91. The van der Waals surface area contributed by atoms with E-state index >= 15 is 0 Å². The summed E-state index contributed by atoms with van der Waals surface area (Å²) >= 11 is 0. The van der Waals surface area contributed by atoms with Crippen LogP contribution in [0.25, 0.3) is 0 Å². The van der Waals surface area contributed by atoms with Gasteiger partial charge in [-0.1, -0.05) is 12.1 Å². The Morgan fingerprint density at radius 2 is 2.64 bits per heavy atom. The number of rotatable bonds is 1. The van der Waals surface area contributed by atoms with Crippen molar-refractivity contribution in [2.24, 2.45) is 0 Å². The van der Waals surface area contributed by atoms with Gasteiger partial charge in [0.2, 0.25) is 0 Å². The van der Waals surface area contributed by atoms with E-state index in [0.717, 1.165) is 31.7 Å². The predicted octanol–water partition coefficient (Wildman–Crippen LogP) is 1.05. The smallest absolute Gasteiger partial charge is 0.128 e. The minimum atomic E-state index is 1.01. The Balaban J connectivity index is 2.18. The van der Waals surface area contributed by atoms with Gasteiger partial charge in [0.15, 0.2) is 0 Å².